The average molecular weight is 285 g/mol. The Bertz CT molecular complexity index is 581. The van der Waals surface area contributed by atoms with Crippen molar-refractivity contribution in [2.45, 2.75) is 45.7 Å². The quantitative estimate of drug-likeness (QED) is 0.881. The van der Waals surface area contributed by atoms with Crippen LogP contribution in [0.1, 0.15) is 37.4 Å². The van der Waals surface area contributed by atoms with Crippen molar-refractivity contribution < 1.29 is 0 Å². The number of fused-ring (bicyclic) bond motifs is 1. The fourth-order valence-corrected chi connectivity index (χ4v) is 3.56. The molecule has 0 amide bonds. The molecule has 3 heteroatoms. The average Bonchev–Trinajstić information content (AvgIpc) is 2.84. The van der Waals surface area contributed by atoms with Crippen LogP contribution in [0, 0.1) is 6.92 Å². The molecule has 1 aliphatic rings. The number of aryl methyl sites for hydroxylation is 1. The van der Waals surface area contributed by atoms with E-state index in [1.807, 2.05) is 0 Å². The van der Waals surface area contributed by atoms with Crippen LogP contribution < -0.4 is 5.32 Å². The summed E-state index contributed by atoms with van der Waals surface area (Å²) in [4.78, 5) is 6.21. The first-order valence-corrected chi connectivity index (χ1v) is 8.30. The lowest BCUT2D eigenvalue weighted by Gasteiger charge is -2.34. The highest BCUT2D eigenvalue weighted by molar-refractivity contribution is 5.84. The van der Waals surface area contributed by atoms with E-state index in [4.69, 9.17) is 0 Å². The molecule has 0 radical (unpaired) electrons. The fourth-order valence-electron chi connectivity index (χ4n) is 3.56. The summed E-state index contributed by atoms with van der Waals surface area (Å²) in [5, 5.41) is 4.94. The van der Waals surface area contributed by atoms with Crippen LogP contribution in [0.2, 0.25) is 0 Å². The Morgan fingerprint density at radius 2 is 2.14 bits per heavy atom. The van der Waals surface area contributed by atoms with Gasteiger partial charge in [-0.15, -0.1) is 0 Å². The molecular weight excluding hydrogens is 258 g/mol. The van der Waals surface area contributed by atoms with Crippen LogP contribution >= 0.6 is 0 Å². The van der Waals surface area contributed by atoms with Gasteiger partial charge in [0.1, 0.15) is 0 Å². The van der Waals surface area contributed by atoms with Crippen LogP contribution in [0.5, 0.6) is 0 Å². The van der Waals surface area contributed by atoms with E-state index in [-0.39, 0.29) is 0 Å². The van der Waals surface area contributed by atoms with Crippen LogP contribution in [0.3, 0.4) is 0 Å². The molecule has 114 valence electrons. The Morgan fingerprint density at radius 3 is 2.90 bits per heavy atom. The molecule has 1 aromatic carbocycles. The van der Waals surface area contributed by atoms with Crippen LogP contribution in [-0.2, 0) is 6.54 Å². The van der Waals surface area contributed by atoms with E-state index in [0.29, 0.717) is 6.04 Å². The van der Waals surface area contributed by atoms with Crippen molar-refractivity contribution in [2.75, 3.05) is 19.6 Å². The van der Waals surface area contributed by atoms with E-state index in [1.54, 1.807) is 0 Å². The van der Waals surface area contributed by atoms with Gasteiger partial charge in [0.15, 0.2) is 0 Å². The van der Waals surface area contributed by atoms with Crippen molar-refractivity contribution in [3.05, 3.63) is 35.5 Å². The van der Waals surface area contributed by atoms with Gasteiger partial charge in [-0.3, -0.25) is 4.90 Å². The first-order chi connectivity index (χ1) is 10.3. The van der Waals surface area contributed by atoms with Crippen LogP contribution in [-0.4, -0.2) is 35.6 Å². The Kier molecular flexibility index (Phi) is 4.61. The monoisotopic (exact) mass is 285 g/mol. The number of hydrogen-bond donors (Lipinski definition) is 2. The van der Waals surface area contributed by atoms with Gasteiger partial charge < -0.3 is 10.3 Å². The number of benzene rings is 1. The lowest BCUT2D eigenvalue weighted by Crippen LogP contribution is -2.45. The predicted molar refractivity (Wildman–Crippen MR) is 89.6 cm³/mol. The molecule has 1 aromatic heterocycles. The van der Waals surface area contributed by atoms with Crippen molar-refractivity contribution in [1.82, 2.24) is 15.2 Å². The molecule has 0 saturated carbocycles. The van der Waals surface area contributed by atoms with E-state index in [9.17, 15) is 0 Å². The van der Waals surface area contributed by atoms with Gasteiger partial charge in [-0.05, 0) is 50.9 Å². The van der Waals surface area contributed by atoms with E-state index < -0.39 is 0 Å². The molecule has 1 saturated heterocycles. The lowest BCUT2D eigenvalue weighted by atomic mass is 10.0. The summed E-state index contributed by atoms with van der Waals surface area (Å²) in [6.07, 6.45) is 3.85. The second-order valence-corrected chi connectivity index (χ2v) is 6.24. The number of piperidine rings is 1. The van der Waals surface area contributed by atoms with Gasteiger partial charge >= 0.3 is 0 Å². The highest BCUT2D eigenvalue weighted by atomic mass is 15.2. The zero-order chi connectivity index (χ0) is 14.7. The van der Waals surface area contributed by atoms with Gasteiger partial charge in [0, 0.05) is 35.7 Å². The maximum Gasteiger partial charge on any atom is 0.0459 e. The molecule has 0 bridgehead atoms. The third-order valence-electron chi connectivity index (χ3n) is 4.69. The molecule has 2 N–H and O–H groups in total. The van der Waals surface area contributed by atoms with Gasteiger partial charge in [0.2, 0.25) is 0 Å². The highest BCUT2D eigenvalue weighted by Crippen LogP contribution is 2.25. The molecule has 1 atom stereocenters. The zero-order valence-electron chi connectivity index (χ0n) is 13.3. The summed E-state index contributed by atoms with van der Waals surface area (Å²) in [5.74, 6) is 0. The molecule has 1 fully saturated rings. The lowest BCUT2D eigenvalue weighted by molar-refractivity contribution is 0.158. The number of nitrogens with zero attached hydrogens (tertiary/aromatic N) is 1. The molecular formula is C18H27N3. The van der Waals surface area contributed by atoms with Gasteiger partial charge in [-0.25, -0.2) is 0 Å². The fraction of sp³-hybridized carbons (Fsp3) is 0.556. The van der Waals surface area contributed by atoms with Crippen molar-refractivity contribution in [3.8, 4) is 0 Å². The van der Waals surface area contributed by atoms with Crippen LogP contribution in [0.15, 0.2) is 24.3 Å². The molecule has 21 heavy (non-hydrogen) atoms. The molecule has 2 aromatic rings. The standard InChI is InChI=1S/C18H27N3/c1-3-11-21(15-7-6-10-19-12-15)13-17-14(2)20-18-9-5-4-8-16(17)18/h4-5,8-9,15,19-20H,3,6-7,10-13H2,1-2H3. The summed E-state index contributed by atoms with van der Waals surface area (Å²) < 4.78 is 0. The normalized spacial score (nSPS) is 19.5. The number of para-hydroxylation sites is 1. The Hall–Kier alpha value is -1.32. The molecule has 0 spiro atoms. The van der Waals surface area contributed by atoms with E-state index in [2.05, 4.69) is 53.3 Å². The Morgan fingerprint density at radius 1 is 1.29 bits per heavy atom. The maximum atomic E-state index is 3.56. The second-order valence-electron chi connectivity index (χ2n) is 6.24. The number of nitrogens with one attached hydrogen (secondary N) is 2. The molecule has 0 aliphatic carbocycles. The number of hydrogen-bond acceptors (Lipinski definition) is 2. The molecule has 3 rings (SSSR count). The molecule has 3 nitrogen and oxygen atoms in total. The van der Waals surface area contributed by atoms with E-state index in [1.165, 1.54) is 54.5 Å². The van der Waals surface area contributed by atoms with Crippen molar-refractivity contribution in [2.24, 2.45) is 0 Å². The smallest absolute Gasteiger partial charge is 0.0459 e. The summed E-state index contributed by atoms with van der Waals surface area (Å²) >= 11 is 0. The number of aromatic nitrogens is 1. The van der Waals surface area contributed by atoms with E-state index >= 15 is 0 Å². The van der Waals surface area contributed by atoms with Gasteiger partial charge in [0.25, 0.3) is 0 Å². The van der Waals surface area contributed by atoms with Crippen molar-refractivity contribution in [3.63, 3.8) is 0 Å². The topological polar surface area (TPSA) is 31.1 Å². The zero-order valence-corrected chi connectivity index (χ0v) is 13.3. The highest BCUT2D eigenvalue weighted by Gasteiger charge is 2.22. The van der Waals surface area contributed by atoms with Crippen LogP contribution in [0.25, 0.3) is 10.9 Å². The Labute approximate surface area is 127 Å². The largest absolute Gasteiger partial charge is 0.358 e. The van der Waals surface area contributed by atoms with Crippen molar-refractivity contribution >= 4 is 10.9 Å². The molecule has 1 aliphatic heterocycles. The minimum atomic E-state index is 0.687. The first-order valence-electron chi connectivity index (χ1n) is 8.30. The number of H-pyrrole nitrogens is 1. The minimum absolute atomic E-state index is 0.687. The summed E-state index contributed by atoms with van der Waals surface area (Å²) in [5.41, 5.74) is 4.06. The maximum absolute atomic E-state index is 3.56. The Balaban J connectivity index is 1.85. The molecule has 2 heterocycles. The SMILES string of the molecule is CCCN(Cc1c(C)[nH]c2ccccc12)C1CCCNC1. The van der Waals surface area contributed by atoms with Gasteiger partial charge in [-0.2, -0.15) is 0 Å². The number of aromatic amines is 1. The third-order valence-corrected chi connectivity index (χ3v) is 4.69. The summed E-state index contributed by atoms with van der Waals surface area (Å²) in [7, 11) is 0. The van der Waals surface area contributed by atoms with Crippen LogP contribution in [0.4, 0.5) is 0 Å². The molecule has 1 unspecified atom stereocenters. The van der Waals surface area contributed by atoms with Crippen molar-refractivity contribution in [1.29, 1.82) is 0 Å². The minimum Gasteiger partial charge on any atom is -0.358 e. The predicted octanol–water partition coefficient (Wildman–Crippen LogP) is 3.44. The summed E-state index contributed by atoms with van der Waals surface area (Å²) in [6.45, 7) is 9.06. The number of rotatable bonds is 5. The van der Waals surface area contributed by atoms with E-state index in [0.717, 1.165) is 13.1 Å². The summed E-state index contributed by atoms with van der Waals surface area (Å²) in [6, 6.07) is 9.37. The van der Waals surface area contributed by atoms with Gasteiger partial charge in [0.05, 0.1) is 0 Å². The second kappa shape index (κ2) is 6.63. The third kappa shape index (κ3) is 3.14. The first kappa shape index (κ1) is 14.6. The van der Waals surface area contributed by atoms with Gasteiger partial charge in [-0.1, -0.05) is 25.1 Å².